The molecule has 1 atom stereocenters. The van der Waals surface area contributed by atoms with Crippen LogP contribution < -0.4 is 5.73 Å². The molecule has 0 heterocycles. The number of carbonyl (C=O) groups is 1. The minimum atomic E-state index is -0.462. The van der Waals surface area contributed by atoms with Crippen LogP contribution in [0.1, 0.15) is 38.3 Å². The zero-order valence-electron chi connectivity index (χ0n) is 9.44. The zero-order chi connectivity index (χ0) is 11.3. The maximum absolute atomic E-state index is 12.0. The van der Waals surface area contributed by atoms with Crippen molar-refractivity contribution in [3.05, 3.63) is 35.9 Å². The van der Waals surface area contributed by atoms with Crippen LogP contribution in [0.3, 0.4) is 0 Å². The number of ketones is 1. The molecule has 1 unspecified atom stereocenters. The molecule has 1 aromatic carbocycles. The molecule has 0 saturated carbocycles. The number of hydrogen-bond donors (Lipinski definition) is 1. The Morgan fingerprint density at radius 1 is 1.20 bits per heavy atom. The van der Waals surface area contributed by atoms with Crippen LogP contribution in [-0.2, 0) is 4.79 Å². The summed E-state index contributed by atoms with van der Waals surface area (Å²) in [7, 11) is 0. The predicted molar refractivity (Wildman–Crippen MR) is 62.4 cm³/mol. The van der Waals surface area contributed by atoms with Crippen LogP contribution in [0.15, 0.2) is 30.3 Å². The van der Waals surface area contributed by atoms with Crippen LogP contribution in [0.25, 0.3) is 0 Å². The highest BCUT2D eigenvalue weighted by atomic mass is 16.1. The van der Waals surface area contributed by atoms with Crippen molar-refractivity contribution < 1.29 is 4.79 Å². The van der Waals surface area contributed by atoms with Gasteiger partial charge in [0.05, 0.1) is 6.04 Å². The normalized spacial score (nSPS) is 12.8. The van der Waals surface area contributed by atoms with E-state index < -0.39 is 6.04 Å². The van der Waals surface area contributed by atoms with Gasteiger partial charge < -0.3 is 5.73 Å². The van der Waals surface area contributed by atoms with Crippen molar-refractivity contribution in [1.29, 1.82) is 0 Å². The van der Waals surface area contributed by atoms with Crippen LogP contribution in [0.5, 0.6) is 0 Å². The number of benzene rings is 1. The van der Waals surface area contributed by atoms with E-state index in [1.54, 1.807) is 0 Å². The van der Waals surface area contributed by atoms with E-state index in [0.29, 0.717) is 0 Å². The third-order valence-corrected chi connectivity index (χ3v) is 2.85. The van der Waals surface area contributed by atoms with Crippen molar-refractivity contribution in [2.24, 2.45) is 11.7 Å². The van der Waals surface area contributed by atoms with Gasteiger partial charge in [0.15, 0.2) is 5.78 Å². The number of rotatable bonds is 5. The first-order chi connectivity index (χ1) is 7.20. The molecule has 2 nitrogen and oxygen atoms in total. The highest BCUT2D eigenvalue weighted by Gasteiger charge is 2.22. The van der Waals surface area contributed by atoms with Gasteiger partial charge in [0.25, 0.3) is 0 Å². The Kier molecular flexibility index (Phi) is 4.50. The Balaban J connectivity index is 2.76. The summed E-state index contributed by atoms with van der Waals surface area (Å²) >= 11 is 0. The molecule has 0 saturated heterocycles. The largest absolute Gasteiger partial charge is 0.318 e. The minimum Gasteiger partial charge on any atom is -0.318 e. The Morgan fingerprint density at radius 3 is 2.20 bits per heavy atom. The van der Waals surface area contributed by atoms with Gasteiger partial charge in [0.1, 0.15) is 0 Å². The number of Topliss-reactive ketones (excluding diaryl/α,β-unsaturated/α-hetero) is 1. The van der Waals surface area contributed by atoms with Gasteiger partial charge in [-0.25, -0.2) is 0 Å². The van der Waals surface area contributed by atoms with E-state index in [1.165, 1.54) is 0 Å². The monoisotopic (exact) mass is 205 g/mol. The van der Waals surface area contributed by atoms with Gasteiger partial charge in [-0.3, -0.25) is 4.79 Å². The first-order valence-electron chi connectivity index (χ1n) is 5.54. The van der Waals surface area contributed by atoms with Gasteiger partial charge in [-0.2, -0.15) is 0 Å². The molecule has 0 amide bonds. The van der Waals surface area contributed by atoms with Crippen molar-refractivity contribution >= 4 is 5.78 Å². The first-order valence-corrected chi connectivity index (χ1v) is 5.54. The zero-order valence-corrected chi connectivity index (χ0v) is 9.44. The number of nitrogens with two attached hydrogens (primary N) is 1. The van der Waals surface area contributed by atoms with Crippen LogP contribution in [0, 0.1) is 5.92 Å². The van der Waals surface area contributed by atoms with Crippen LogP contribution in [-0.4, -0.2) is 5.78 Å². The van der Waals surface area contributed by atoms with Crippen molar-refractivity contribution in [3.8, 4) is 0 Å². The summed E-state index contributed by atoms with van der Waals surface area (Å²) in [5.74, 6) is 0.256. The average molecular weight is 205 g/mol. The van der Waals surface area contributed by atoms with E-state index in [-0.39, 0.29) is 11.7 Å². The smallest absolute Gasteiger partial charge is 0.157 e. The SMILES string of the molecule is CCC(CC)C(=O)C(N)c1ccccc1. The van der Waals surface area contributed by atoms with E-state index in [2.05, 4.69) is 0 Å². The lowest BCUT2D eigenvalue weighted by molar-refractivity contribution is -0.124. The topological polar surface area (TPSA) is 43.1 Å². The second-order valence-electron chi connectivity index (χ2n) is 3.80. The van der Waals surface area contributed by atoms with Crippen LogP contribution in [0.2, 0.25) is 0 Å². The van der Waals surface area contributed by atoms with Crippen molar-refractivity contribution in [2.45, 2.75) is 32.7 Å². The lowest BCUT2D eigenvalue weighted by Crippen LogP contribution is -2.27. The van der Waals surface area contributed by atoms with E-state index >= 15 is 0 Å². The lowest BCUT2D eigenvalue weighted by Gasteiger charge is -2.17. The summed E-state index contributed by atoms with van der Waals surface area (Å²) < 4.78 is 0. The second kappa shape index (κ2) is 5.66. The highest BCUT2D eigenvalue weighted by molar-refractivity contribution is 5.87. The third-order valence-electron chi connectivity index (χ3n) is 2.85. The van der Waals surface area contributed by atoms with E-state index in [4.69, 9.17) is 5.73 Å². The van der Waals surface area contributed by atoms with E-state index in [0.717, 1.165) is 18.4 Å². The summed E-state index contributed by atoms with van der Waals surface area (Å²) in [5.41, 5.74) is 6.85. The first kappa shape index (κ1) is 11.9. The summed E-state index contributed by atoms with van der Waals surface area (Å²) in [5, 5.41) is 0. The van der Waals surface area contributed by atoms with Gasteiger partial charge in [-0.15, -0.1) is 0 Å². The fourth-order valence-electron chi connectivity index (χ4n) is 1.77. The Hall–Kier alpha value is -1.15. The molecule has 0 aliphatic carbocycles. The molecule has 0 radical (unpaired) electrons. The highest BCUT2D eigenvalue weighted by Crippen LogP contribution is 2.19. The molecule has 1 rings (SSSR count). The molecule has 0 bridgehead atoms. The molecule has 82 valence electrons. The summed E-state index contributed by atoms with van der Waals surface area (Å²) in [6.07, 6.45) is 1.74. The standard InChI is InChI=1S/C13H19NO/c1-3-10(4-2)13(15)12(14)11-8-6-5-7-9-11/h5-10,12H,3-4,14H2,1-2H3. The molecule has 2 N–H and O–H groups in total. The number of carbonyl (C=O) groups excluding carboxylic acids is 1. The molecule has 0 aliphatic rings. The van der Waals surface area contributed by atoms with E-state index in [1.807, 2.05) is 44.2 Å². The molecule has 0 fully saturated rings. The fourth-order valence-corrected chi connectivity index (χ4v) is 1.77. The molecular formula is C13H19NO. The molecule has 1 aromatic rings. The Bertz CT molecular complexity index is 304. The van der Waals surface area contributed by atoms with Crippen LogP contribution in [0.4, 0.5) is 0 Å². The molecule has 15 heavy (non-hydrogen) atoms. The van der Waals surface area contributed by atoms with Gasteiger partial charge in [0, 0.05) is 5.92 Å². The maximum atomic E-state index is 12.0. The van der Waals surface area contributed by atoms with Gasteiger partial charge >= 0.3 is 0 Å². The summed E-state index contributed by atoms with van der Waals surface area (Å²) in [4.78, 5) is 12.0. The molecule has 0 aromatic heterocycles. The van der Waals surface area contributed by atoms with Gasteiger partial charge in [0.2, 0.25) is 0 Å². The third kappa shape index (κ3) is 2.90. The van der Waals surface area contributed by atoms with Crippen molar-refractivity contribution in [3.63, 3.8) is 0 Å². The Labute approximate surface area is 91.5 Å². The second-order valence-corrected chi connectivity index (χ2v) is 3.80. The quantitative estimate of drug-likeness (QED) is 0.803. The van der Waals surface area contributed by atoms with Crippen molar-refractivity contribution in [1.82, 2.24) is 0 Å². The Morgan fingerprint density at radius 2 is 1.73 bits per heavy atom. The molecule has 0 spiro atoms. The fraction of sp³-hybridized carbons (Fsp3) is 0.462. The number of hydrogen-bond acceptors (Lipinski definition) is 2. The average Bonchev–Trinajstić information content (AvgIpc) is 2.30. The van der Waals surface area contributed by atoms with Crippen molar-refractivity contribution in [2.75, 3.05) is 0 Å². The summed E-state index contributed by atoms with van der Waals surface area (Å²) in [6, 6.07) is 9.11. The van der Waals surface area contributed by atoms with Gasteiger partial charge in [-0.1, -0.05) is 44.2 Å². The maximum Gasteiger partial charge on any atom is 0.157 e. The molecular weight excluding hydrogens is 186 g/mol. The van der Waals surface area contributed by atoms with Gasteiger partial charge in [-0.05, 0) is 18.4 Å². The minimum absolute atomic E-state index is 0.0974. The lowest BCUT2D eigenvalue weighted by atomic mass is 9.90. The molecule has 0 aliphatic heterocycles. The summed E-state index contributed by atoms with van der Waals surface area (Å²) in [6.45, 7) is 4.06. The van der Waals surface area contributed by atoms with Crippen LogP contribution >= 0.6 is 0 Å². The predicted octanol–water partition coefficient (Wildman–Crippen LogP) is 2.69. The molecule has 2 heteroatoms. The van der Waals surface area contributed by atoms with E-state index in [9.17, 15) is 4.79 Å².